The van der Waals surface area contributed by atoms with E-state index in [-0.39, 0.29) is 11.8 Å². The van der Waals surface area contributed by atoms with Crippen LogP contribution in [0.15, 0.2) is 24.3 Å². The van der Waals surface area contributed by atoms with Gasteiger partial charge in [0.2, 0.25) is 5.91 Å². The van der Waals surface area contributed by atoms with E-state index in [1.807, 2.05) is 0 Å². The summed E-state index contributed by atoms with van der Waals surface area (Å²) >= 11 is 0. The van der Waals surface area contributed by atoms with Gasteiger partial charge in [-0.05, 0) is 38.1 Å². The summed E-state index contributed by atoms with van der Waals surface area (Å²) in [4.78, 5) is 14.1. The van der Waals surface area contributed by atoms with Gasteiger partial charge in [0.1, 0.15) is 0 Å². The van der Waals surface area contributed by atoms with E-state index in [9.17, 15) is 4.79 Å². The number of rotatable bonds is 5. The summed E-state index contributed by atoms with van der Waals surface area (Å²) in [5.74, 6) is 0.489. The zero-order valence-corrected chi connectivity index (χ0v) is 12.0. The van der Waals surface area contributed by atoms with Crippen molar-refractivity contribution in [2.45, 2.75) is 38.8 Å². The van der Waals surface area contributed by atoms with Gasteiger partial charge >= 0.3 is 0 Å². The first-order chi connectivity index (χ1) is 9.15. The van der Waals surface area contributed by atoms with E-state index >= 15 is 0 Å². The number of nitrogens with one attached hydrogen (secondary N) is 1. The zero-order valence-electron chi connectivity index (χ0n) is 12.0. The minimum Gasteiger partial charge on any atom is -0.352 e. The van der Waals surface area contributed by atoms with Crippen LogP contribution in [0.4, 0.5) is 0 Å². The number of hydrogen-bond donors (Lipinski definition) is 1. The van der Waals surface area contributed by atoms with Gasteiger partial charge in [-0.15, -0.1) is 0 Å². The molecule has 104 valence electrons. The Labute approximate surface area is 116 Å². The molecule has 1 aromatic carbocycles. The lowest BCUT2D eigenvalue weighted by Crippen LogP contribution is -2.28. The minimum absolute atomic E-state index is 0.231. The standard InChI is InChI=1S/C16H24N2O/c1-18(2)12-14-9-7-13(8-10-14)11-17-16(19)15-5-3-4-6-15/h7-10,15H,3-6,11-12H2,1-2H3,(H,17,19). The Kier molecular flexibility index (Phi) is 4.97. The Balaban J connectivity index is 1.80. The highest BCUT2D eigenvalue weighted by Gasteiger charge is 2.21. The first kappa shape index (κ1) is 14.1. The normalized spacial score (nSPS) is 15.9. The second-order valence-corrected chi connectivity index (χ2v) is 5.75. The average Bonchev–Trinajstić information content (AvgIpc) is 2.91. The Morgan fingerprint density at radius 3 is 2.32 bits per heavy atom. The Hall–Kier alpha value is -1.35. The van der Waals surface area contributed by atoms with E-state index in [0.717, 1.165) is 19.4 Å². The molecule has 0 aromatic heterocycles. The van der Waals surface area contributed by atoms with Gasteiger partial charge in [0.15, 0.2) is 0 Å². The van der Waals surface area contributed by atoms with Crippen LogP contribution < -0.4 is 5.32 Å². The molecule has 0 radical (unpaired) electrons. The van der Waals surface area contributed by atoms with Crippen molar-refractivity contribution in [2.75, 3.05) is 14.1 Å². The molecule has 0 bridgehead atoms. The highest BCUT2D eigenvalue weighted by molar-refractivity contribution is 5.78. The maximum absolute atomic E-state index is 11.9. The molecule has 19 heavy (non-hydrogen) atoms. The Bertz CT molecular complexity index is 405. The van der Waals surface area contributed by atoms with Gasteiger partial charge in [-0.1, -0.05) is 37.1 Å². The number of benzene rings is 1. The van der Waals surface area contributed by atoms with Gasteiger partial charge in [-0.2, -0.15) is 0 Å². The summed E-state index contributed by atoms with van der Waals surface area (Å²) in [5, 5.41) is 3.05. The van der Waals surface area contributed by atoms with Crippen molar-refractivity contribution in [1.29, 1.82) is 0 Å². The highest BCUT2D eigenvalue weighted by atomic mass is 16.1. The fourth-order valence-electron chi connectivity index (χ4n) is 2.65. The molecule has 1 amide bonds. The van der Waals surface area contributed by atoms with E-state index in [0.29, 0.717) is 6.54 Å². The number of amides is 1. The van der Waals surface area contributed by atoms with Crippen LogP contribution in [0.2, 0.25) is 0 Å². The van der Waals surface area contributed by atoms with Gasteiger partial charge in [0, 0.05) is 19.0 Å². The number of carbonyl (C=O) groups excluding carboxylic acids is 1. The van der Waals surface area contributed by atoms with Crippen molar-refractivity contribution in [3.8, 4) is 0 Å². The quantitative estimate of drug-likeness (QED) is 0.882. The van der Waals surface area contributed by atoms with E-state index in [1.54, 1.807) is 0 Å². The molecule has 1 aliphatic carbocycles. The number of nitrogens with zero attached hydrogens (tertiary/aromatic N) is 1. The van der Waals surface area contributed by atoms with E-state index in [2.05, 4.69) is 48.6 Å². The summed E-state index contributed by atoms with van der Waals surface area (Å²) in [6.45, 7) is 1.60. The molecule has 1 fully saturated rings. The zero-order chi connectivity index (χ0) is 13.7. The SMILES string of the molecule is CN(C)Cc1ccc(CNC(=O)C2CCCC2)cc1. The third kappa shape index (κ3) is 4.35. The van der Waals surface area contributed by atoms with Crippen molar-refractivity contribution < 1.29 is 4.79 Å². The molecular formula is C16H24N2O. The van der Waals surface area contributed by atoms with Gasteiger partial charge in [-0.25, -0.2) is 0 Å². The molecule has 1 aromatic rings. The third-order valence-electron chi connectivity index (χ3n) is 3.71. The Morgan fingerprint density at radius 1 is 1.16 bits per heavy atom. The predicted molar refractivity (Wildman–Crippen MR) is 77.6 cm³/mol. The molecule has 0 atom stereocenters. The lowest BCUT2D eigenvalue weighted by Gasteiger charge is -2.12. The van der Waals surface area contributed by atoms with Gasteiger partial charge in [0.05, 0.1) is 0 Å². The lowest BCUT2D eigenvalue weighted by atomic mass is 10.1. The van der Waals surface area contributed by atoms with Crippen molar-refractivity contribution in [1.82, 2.24) is 10.2 Å². The van der Waals surface area contributed by atoms with Crippen LogP contribution in [-0.4, -0.2) is 24.9 Å². The predicted octanol–water partition coefficient (Wildman–Crippen LogP) is 2.55. The second-order valence-electron chi connectivity index (χ2n) is 5.75. The smallest absolute Gasteiger partial charge is 0.223 e. The fraction of sp³-hybridized carbons (Fsp3) is 0.562. The number of carbonyl (C=O) groups is 1. The topological polar surface area (TPSA) is 32.3 Å². The van der Waals surface area contributed by atoms with Crippen molar-refractivity contribution in [3.63, 3.8) is 0 Å². The fourth-order valence-corrected chi connectivity index (χ4v) is 2.65. The van der Waals surface area contributed by atoms with Crippen molar-refractivity contribution >= 4 is 5.91 Å². The van der Waals surface area contributed by atoms with Crippen LogP contribution in [-0.2, 0) is 17.9 Å². The Morgan fingerprint density at radius 2 is 1.74 bits per heavy atom. The minimum atomic E-state index is 0.231. The van der Waals surface area contributed by atoms with Crippen LogP contribution in [0.3, 0.4) is 0 Å². The van der Waals surface area contributed by atoms with Crippen LogP contribution in [0.5, 0.6) is 0 Å². The van der Waals surface area contributed by atoms with E-state index in [4.69, 9.17) is 0 Å². The first-order valence-electron chi connectivity index (χ1n) is 7.15. The molecule has 2 rings (SSSR count). The molecule has 0 heterocycles. The highest BCUT2D eigenvalue weighted by Crippen LogP contribution is 2.24. The number of hydrogen-bond acceptors (Lipinski definition) is 2. The molecule has 0 saturated heterocycles. The molecule has 0 unspecified atom stereocenters. The largest absolute Gasteiger partial charge is 0.352 e. The van der Waals surface area contributed by atoms with Crippen molar-refractivity contribution in [3.05, 3.63) is 35.4 Å². The van der Waals surface area contributed by atoms with Crippen LogP contribution in [0.1, 0.15) is 36.8 Å². The summed E-state index contributed by atoms with van der Waals surface area (Å²) in [5.41, 5.74) is 2.48. The molecule has 0 spiro atoms. The summed E-state index contributed by atoms with van der Waals surface area (Å²) in [7, 11) is 4.13. The average molecular weight is 260 g/mol. The molecule has 3 nitrogen and oxygen atoms in total. The molecule has 0 aliphatic heterocycles. The van der Waals surface area contributed by atoms with Crippen molar-refractivity contribution in [2.24, 2.45) is 5.92 Å². The molecule has 1 N–H and O–H groups in total. The molecule has 1 saturated carbocycles. The summed E-state index contributed by atoms with van der Waals surface area (Å²) < 4.78 is 0. The molecule has 1 aliphatic rings. The maximum atomic E-state index is 11.9. The van der Waals surface area contributed by atoms with Crippen LogP contribution >= 0.6 is 0 Å². The second kappa shape index (κ2) is 6.71. The lowest BCUT2D eigenvalue weighted by molar-refractivity contribution is -0.124. The van der Waals surface area contributed by atoms with Crippen LogP contribution in [0.25, 0.3) is 0 Å². The monoisotopic (exact) mass is 260 g/mol. The van der Waals surface area contributed by atoms with Crippen LogP contribution in [0, 0.1) is 5.92 Å². The van der Waals surface area contributed by atoms with E-state index in [1.165, 1.54) is 24.0 Å². The summed E-state index contributed by atoms with van der Waals surface area (Å²) in [6, 6.07) is 8.48. The third-order valence-corrected chi connectivity index (χ3v) is 3.71. The van der Waals surface area contributed by atoms with E-state index < -0.39 is 0 Å². The van der Waals surface area contributed by atoms with Gasteiger partial charge in [-0.3, -0.25) is 4.79 Å². The van der Waals surface area contributed by atoms with Gasteiger partial charge < -0.3 is 10.2 Å². The molecular weight excluding hydrogens is 236 g/mol. The van der Waals surface area contributed by atoms with Gasteiger partial charge in [0.25, 0.3) is 0 Å². The summed E-state index contributed by atoms with van der Waals surface area (Å²) in [6.07, 6.45) is 4.54. The first-order valence-corrected chi connectivity index (χ1v) is 7.15. The molecule has 3 heteroatoms. The maximum Gasteiger partial charge on any atom is 0.223 e.